The Labute approximate surface area is 178 Å². The maximum absolute atomic E-state index is 12.6. The van der Waals surface area contributed by atoms with E-state index in [2.05, 4.69) is 26.2 Å². The van der Waals surface area contributed by atoms with Crippen LogP contribution in [0.3, 0.4) is 0 Å². The summed E-state index contributed by atoms with van der Waals surface area (Å²) >= 11 is 3.35. The Kier molecular flexibility index (Phi) is 6.39. The molecule has 0 unspecified atom stereocenters. The van der Waals surface area contributed by atoms with Crippen molar-refractivity contribution in [3.8, 4) is 5.69 Å². The van der Waals surface area contributed by atoms with Crippen LogP contribution in [-0.2, 0) is 21.4 Å². The van der Waals surface area contributed by atoms with E-state index in [9.17, 15) is 13.2 Å². The quantitative estimate of drug-likeness (QED) is 0.567. The zero-order chi connectivity index (χ0) is 21.0. The van der Waals surface area contributed by atoms with Gasteiger partial charge in [-0.1, -0.05) is 30.3 Å². The number of sulfonamides is 1. The van der Waals surface area contributed by atoms with Gasteiger partial charge in [-0.25, -0.2) is 13.4 Å². The molecule has 152 valence electrons. The minimum atomic E-state index is -3.64. The molecule has 1 N–H and O–H groups in total. The predicted octanol–water partition coefficient (Wildman–Crippen LogP) is 3.03. The predicted molar refractivity (Wildman–Crippen MR) is 116 cm³/mol. The summed E-state index contributed by atoms with van der Waals surface area (Å²) in [5.41, 5.74) is 2.22. The molecule has 0 saturated heterocycles. The second-order valence-corrected chi connectivity index (χ2v) is 9.23. The van der Waals surface area contributed by atoms with Crippen LogP contribution in [0.4, 0.5) is 5.69 Å². The minimum absolute atomic E-state index is 0.264. The Hall–Kier alpha value is -2.65. The summed E-state index contributed by atoms with van der Waals surface area (Å²) in [5, 5.41) is 2.82. The van der Waals surface area contributed by atoms with Crippen molar-refractivity contribution in [3.63, 3.8) is 0 Å². The van der Waals surface area contributed by atoms with Crippen LogP contribution in [0.5, 0.6) is 0 Å². The molecule has 0 aliphatic heterocycles. The summed E-state index contributed by atoms with van der Waals surface area (Å²) < 4.78 is 28.1. The molecule has 0 fully saturated rings. The lowest BCUT2D eigenvalue weighted by Crippen LogP contribution is -2.40. The van der Waals surface area contributed by atoms with Gasteiger partial charge in [0.1, 0.15) is 12.4 Å². The fraction of sp³-hybridized carbons (Fsp3) is 0.200. The Balaban J connectivity index is 1.76. The van der Waals surface area contributed by atoms with E-state index in [0.29, 0.717) is 10.2 Å². The molecule has 0 atom stereocenters. The lowest BCUT2D eigenvalue weighted by molar-refractivity contribution is -0.119. The summed E-state index contributed by atoms with van der Waals surface area (Å²) in [6, 6.07) is 14.5. The number of anilines is 1. The van der Waals surface area contributed by atoms with Crippen LogP contribution in [0.2, 0.25) is 0 Å². The molecule has 2 aromatic carbocycles. The summed E-state index contributed by atoms with van der Waals surface area (Å²) in [6.07, 6.45) is 4.65. The van der Waals surface area contributed by atoms with Gasteiger partial charge in [0, 0.05) is 23.4 Å². The first kappa shape index (κ1) is 21.1. The van der Waals surface area contributed by atoms with E-state index in [1.807, 2.05) is 42.0 Å². The number of para-hydroxylation sites is 2. The topological polar surface area (TPSA) is 84.3 Å². The number of amides is 1. The molecule has 3 aromatic rings. The highest BCUT2D eigenvalue weighted by atomic mass is 79.9. The Morgan fingerprint density at radius 1 is 1.17 bits per heavy atom. The van der Waals surface area contributed by atoms with Crippen LogP contribution in [0.1, 0.15) is 11.4 Å². The number of aryl methyl sites for hydroxylation is 1. The fourth-order valence-corrected chi connectivity index (χ4v) is 4.43. The zero-order valence-corrected chi connectivity index (χ0v) is 18.4. The summed E-state index contributed by atoms with van der Waals surface area (Å²) in [5.74, 6) is 0.435. The van der Waals surface area contributed by atoms with E-state index in [4.69, 9.17) is 0 Å². The average Bonchev–Trinajstić information content (AvgIpc) is 3.10. The number of carbonyl (C=O) groups is 1. The van der Waals surface area contributed by atoms with Gasteiger partial charge < -0.3 is 9.88 Å². The monoisotopic (exact) mass is 476 g/mol. The van der Waals surface area contributed by atoms with E-state index >= 15 is 0 Å². The zero-order valence-electron chi connectivity index (χ0n) is 16.0. The summed E-state index contributed by atoms with van der Waals surface area (Å²) in [7, 11) is -3.64. The van der Waals surface area contributed by atoms with E-state index in [-0.39, 0.29) is 13.1 Å². The number of nitrogens with zero attached hydrogens (tertiary/aromatic N) is 3. The highest BCUT2D eigenvalue weighted by molar-refractivity contribution is 9.10. The molecule has 0 saturated carbocycles. The third kappa shape index (κ3) is 5.04. The van der Waals surface area contributed by atoms with Crippen molar-refractivity contribution in [2.75, 3.05) is 17.1 Å². The largest absolute Gasteiger partial charge is 0.350 e. The third-order valence-electron chi connectivity index (χ3n) is 4.36. The van der Waals surface area contributed by atoms with Gasteiger partial charge in [-0.2, -0.15) is 0 Å². The van der Waals surface area contributed by atoms with Crippen LogP contribution < -0.4 is 9.62 Å². The molecule has 0 aliphatic carbocycles. The molecule has 1 heterocycles. The molecule has 0 aliphatic rings. The third-order valence-corrected chi connectivity index (χ3v) is 6.16. The second kappa shape index (κ2) is 8.79. The Morgan fingerprint density at radius 2 is 1.86 bits per heavy atom. The first-order valence-electron chi connectivity index (χ1n) is 8.84. The average molecular weight is 477 g/mol. The fourth-order valence-electron chi connectivity index (χ4n) is 2.94. The SMILES string of the molecule is Cc1nccn1-c1ccccc1CNC(=O)CN(c1ccccc1Br)S(C)(=O)=O. The van der Waals surface area contributed by atoms with Gasteiger partial charge in [0.25, 0.3) is 0 Å². The van der Waals surface area contributed by atoms with Gasteiger partial charge in [0.05, 0.1) is 17.6 Å². The van der Waals surface area contributed by atoms with Gasteiger partial charge in [-0.15, -0.1) is 0 Å². The number of carbonyl (C=O) groups excluding carboxylic acids is 1. The lowest BCUT2D eigenvalue weighted by Gasteiger charge is -2.23. The van der Waals surface area contributed by atoms with Crippen LogP contribution >= 0.6 is 15.9 Å². The standard InChI is InChI=1S/C20H21BrN4O3S/c1-15-22-11-12-24(15)18-9-5-3-7-16(18)13-23-20(26)14-25(29(2,27)28)19-10-6-4-8-17(19)21/h3-12H,13-14H2,1-2H3,(H,23,26). The Morgan fingerprint density at radius 3 is 2.52 bits per heavy atom. The van der Waals surface area contributed by atoms with Crippen LogP contribution in [0, 0.1) is 6.92 Å². The number of hydrogen-bond donors (Lipinski definition) is 1. The summed E-state index contributed by atoms with van der Waals surface area (Å²) in [6.45, 7) is 1.85. The molecule has 0 bridgehead atoms. The number of aromatic nitrogens is 2. The molecular formula is C20H21BrN4O3S. The van der Waals surface area contributed by atoms with E-state index in [1.54, 1.807) is 30.5 Å². The van der Waals surface area contributed by atoms with Gasteiger partial charge in [0.15, 0.2) is 0 Å². The lowest BCUT2D eigenvalue weighted by atomic mass is 10.1. The molecule has 29 heavy (non-hydrogen) atoms. The summed E-state index contributed by atoms with van der Waals surface area (Å²) in [4.78, 5) is 16.8. The number of benzene rings is 2. The van der Waals surface area contributed by atoms with Crippen LogP contribution in [0.25, 0.3) is 5.69 Å². The molecular weight excluding hydrogens is 456 g/mol. The van der Waals surface area contributed by atoms with Gasteiger partial charge >= 0.3 is 0 Å². The van der Waals surface area contributed by atoms with Crippen molar-refractivity contribution in [1.29, 1.82) is 0 Å². The normalized spacial score (nSPS) is 11.3. The van der Waals surface area contributed by atoms with Crippen molar-refractivity contribution in [2.24, 2.45) is 0 Å². The first-order chi connectivity index (χ1) is 13.8. The molecule has 7 nitrogen and oxygen atoms in total. The molecule has 0 radical (unpaired) electrons. The molecule has 9 heteroatoms. The first-order valence-corrected chi connectivity index (χ1v) is 11.5. The molecule has 0 spiro atoms. The molecule has 1 aromatic heterocycles. The van der Waals surface area contributed by atoms with Crippen LogP contribution in [0.15, 0.2) is 65.4 Å². The highest BCUT2D eigenvalue weighted by Crippen LogP contribution is 2.27. The highest BCUT2D eigenvalue weighted by Gasteiger charge is 2.22. The van der Waals surface area contributed by atoms with Gasteiger partial charge in [-0.05, 0) is 46.6 Å². The molecule has 3 rings (SSSR count). The van der Waals surface area contributed by atoms with Crippen molar-refractivity contribution < 1.29 is 13.2 Å². The van der Waals surface area contributed by atoms with E-state index in [0.717, 1.165) is 27.6 Å². The van der Waals surface area contributed by atoms with Crippen molar-refractivity contribution in [1.82, 2.24) is 14.9 Å². The van der Waals surface area contributed by atoms with E-state index < -0.39 is 15.9 Å². The maximum Gasteiger partial charge on any atom is 0.241 e. The molecule has 1 amide bonds. The number of halogens is 1. The Bertz CT molecular complexity index is 1130. The van der Waals surface area contributed by atoms with Crippen LogP contribution in [-0.4, -0.2) is 36.7 Å². The number of rotatable bonds is 7. The van der Waals surface area contributed by atoms with E-state index in [1.165, 1.54) is 0 Å². The smallest absolute Gasteiger partial charge is 0.241 e. The number of nitrogens with one attached hydrogen (secondary N) is 1. The minimum Gasteiger partial charge on any atom is -0.350 e. The number of imidazole rings is 1. The number of hydrogen-bond acceptors (Lipinski definition) is 4. The van der Waals surface area contributed by atoms with Crippen molar-refractivity contribution in [2.45, 2.75) is 13.5 Å². The maximum atomic E-state index is 12.6. The van der Waals surface area contributed by atoms with Crippen molar-refractivity contribution in [3.05, 3.63) is 76.8 Å². The van der Waals surface area contributed by atoms with Gasteiger partial charge in [-0.3, -0.25) is 9.10 Å². The second-order valence-electron chi connectivity index (χ2n) is 6.47. The van der Waals surface area contributed by atoms with Crippen molar-refractivity contribution >= 4 is 37.5 Å². The van der Waals surface area contributed by atoms with Gasteiger partial charge in [0.2, 0.25) is 15.9 Å².